The SMILES string of the molecule is C[C@@H](NCC(=O)N(CCC#N)C12CC3CC(CC(C3)C1)C2)c1cccc(Cl)c1. The Kier molecular flexibility index (Phi) is 5.67. The summed E-state index contributed by atoms with van der Waals surface area (Å²) in [5.41, 5.74) is 1.09. The predicted octanol–water partition coefficient (Wildman–Crippen LogP) is 4.70. The monoisotopic (exact) mass is 399 g/mol. The number of amides is 1. The number of halogens is 1. The first-order valence-corrected chi connectivity index (χ1v) is 11.0. The summed E-state index contributed by atoms with van der Waals surface area (Å²) >= 11 is 6.10. The Morgan fingerprint density at radius 1 is 1.29 bits per heavy atom. The zero-order valence-electron chi connectivity index (χ0n) is 16.7. The quantitative estimate of drug-likeness (QED) is 0.722. The Labute approximate surface area is 173 Å². The molecular weight excluding hydrogens is 370 g/mol. The van der Waals surface area contributed by atoms with Gasteiger partial charge in [0.2, 0.25) is 5.91 Å². The molecule has 150 valence electrons. The average molecular weight is 400 g/mol. The molecule has 1 atom stereocenters. The number of carbonyl (C=O) groups is 1. The fourth-order valence-electron chi connectivity index (χ4n) is 6.41. The topological polar surface area (TPSA) is 56.1 Å². The number of nitrogens with one attached hydrogen (secondary N) is 1. The van der Waals surface area contributed by atoms with Gasteiger partial charge in [-0.05, 0) is 80.9 Å². The van der Waals surface area contributed by atoms with Crippen molar-refractivity contribution >= 4 is 17.5 Å². The molecule has 1 N–H and O–H groups in total. The first kappa shape index (κ1) is 19.7. The average Bonchev–Trinajstić information content (AvgIpc) is 2.65. The van der Waals surface area contributed by atoms with Gasteiger partial charge in [-0.3, -0.25) is 4.79 Å². The van der Waals surface area contributed by atoms with Crippen molar-refractivity contribution in [3.05, 3.63) is 34.9 Å². The first-order chi connectivity index (χ1) is 13.5. The smallest absolute Gasteiger partial charge is 0.237 e. The van der Waals surface area contributed by atoms with Gasteiger partial charge in [0.1, 0.15) is 0 Å². The van der Waals surface area contributed by atoms with Crippen molar-refractivity contribution in [2.45, 2.75) is 63.5 Å². The normalized spacial score (nSPS) is 31.4. The Morgan fingerprint density at radius 2 is 1.93 bits per heavy atom. The third-order valence-corrected chi connectivity index (χ3v) is 7.47. The van der Waals surface area contributed by atoms with Crippen molar-refractivity contribution in [3.63, 3.8) is 0 Å². The Balaban J connectivity index is 1.45. The highest BCUT2D eigenvalue weighted by Gasteiger charge is 2.54. The van der Waals surface area contributed by atoms with Crippen LogP contribution in [0.25, 0.3) is 0 Å². The van der Waals surface area contributed by atoms with Gasteiger partial charge in [-0.15, -0.1) is 0 Å². The highest BCUT2D eigenvalue weighted by molar-refractivity contribution is 6.30. The van der Waals surface area contributed by atoms with Gasteiger partial charge in [-0.25, -0.2) is 0 Å². The molecule has 1 aromatic carbocycles. The van der Waals surface area contributed by atoms with Crippen LogP contribution in [0.4, 0.5) is 0 Å². The molecule has 0 aliphatic heterocycles. The predicted molar refractivity (Wildman–Crippen MR) is 111 cm³/mol. The van der Waals surface area contributed by atoms with E-state index >= 15 is 0 Å². The van der Waals surface area contributed by atoms with Gasteiger partial charge in [0.15, 0.2) is 0 Å². The van der Waals surface area contributed by atoms with Crippen LogP contribution in [0.5, 0.6) is 0 Å². The van der Waals surface area contributed by atoms with Gasteiger partial charge in [-0.2, -0.15) is 5.26 Å². The summed E-state index contributed by atoms with van der Waals surface area (Å²) in [4.78, 5) is 15.4. The molecule has 4 fully saturated rings. The maximum absolute atomic E-state index is 13.3. The number of carbonyl (C=O) groups excluding carboxylic acids is 1. The number of hydrogen-bond donors (Lipinski definition) is 1. The van der Waals surface area contributed by atoms with E-state index in [-0.39, 0.29) is 17.5 Å². The lowest BCUT2D eigenvalue weighted by atomic mass is 9.52. The Morgan fingerprint density at radius 3 is 2.50 bits per heavy atom. The Hall–Kier alpha value is -1.57. The van der Waals surface area contributed by atoms with Crippen LogP contribution >= 0.6 is 11.6 Å². The Bertz CT molecular complexity index is 736. The van der Waals surface area contributed by atoms with Gasteiger partial charge in [0.25, 0.3) is 0 Å². The summed E-state index contributed by atoms with van der Waals surface area (Å²) in [5.74, 6) is 2.48. The second kappa shape index (κ2) is 8.05. The maximum Gasteiger partial charge on any atom is 0.237 e. The van der Waals surface area contributed by atoms with Gasteiger partial charge in [-0.1, -0.05) is 23.7 Å². The minimum atomic E-state index is 0.00363. The fourth-order valence-corrected chi connectivity index (χ4v) is 6.61. The van der Waals surface area contributed by atoms with Crippen molar-refractivity contribution in [2.24, 2.45) is 17.8 Å². The molecular formula is C23H30ClN3O. The van der Waals surface area contributed by atoms with Crippen molar-refractivity contribution in [3.8, 4) is 6.07 Å². The number of rotatable bonds is 7. The van der Waals surface area contributed by atoms with E-state index in [1.165, 1.54) is 19.3 Å². The van der Waals surface area contributed by atoms with Gasteiger partial charge in [0.05, 0.1) is 19.0 Å². The third kappa shape index (κ3) is 3.93. The summed E-state index contributed by atoms with van der Waals surface area (Å²) < 4.78 is 0. The maximum atomic E-state index is 13.3. The standard InChI is InChI=1S/C23H30ClN3O/c1-16(20-4-2-5-21(24)11-20)26-15-22(28)27(7-3-6-25)23-12-17-8-18(13-23)10-19(9-17)14-23/h2,4-5,11,16-19,26H,3,7-10,12-15H2,1H3/t16-,17?,18?,19?,23?/m1/s1. The van der Waals surface area contributed by atoms with Gasteiger partial charge < -0.3 is 10.2 Å². The summed E-state index contributed by atoms with van der Waals surface area (Å²) in [6.45, 7) is 2.93. The summed E-state index contributed by atoms with van der Waals surface area (Å²) in [6.07, 6.45) is 7.88. The van der Waals surface area contributed by atoms with E-state index in [1.54, 1.807) is 0 Å². The minimum Gasteiger partial charge on any atom is -0.335 e. The van der Waals surface area contributed by atoms with Crippen LogP contribution in [0.2, 0.25) is 5.02 Å². The largest absolute Gasteiger partial charge is 0.335 e. The number of benzene rings is 1. The summed E-state index contributed by atoms with van der Waals surface area (Å²) in [7, 11) is 0. The highest BCUT2D eigenvalue weighted by Crippen LogP contribution is 2.57. The molecule has 0 aromatic heterocycles. The van der Waals surface area contributed by atoms with E-state index in [4.69, 9.17) is 16.9 Å². The van der Waals surface area contributed by atoms with Crippen LogP contribution < -0.4 is 5.32 Å². The molecule has 4 saturated carbocycles. The van der Waals surface area contributed by atoms with Crippen LogP contribution in [0.3, 0.4) is 0 Å². The van der Waals surface area contributed by atoms with Crippen LogP contribution in [0, 0.1) is 29.1 Å². The molecule has 0 saturated heterocycles. The van der Waals surface area contributed by atoms with E-state index < -0.39 is 0 Å². The molecule has 0 heterocycles. The van der Waals surface area contributed by atoms with E-state index in [2.05, 4.69) is 23.2 Å². The lowest BCUT2D eigenvalue weighted by molar-refractivity contribution is -0.149. The number of nitriles is 1. The van der Waals surface area contributed by atoms with Crippen LogP contribution in [0.15, 0.2) is 24.3 Å². The van der Waals surface area contributed by atoms with E-state index in [9.17, 15) is 4.79 Å². The molecule has 5 rings (SSSR count). The van der Waals surface area contributed by atoms with Crippen molar-refractivity contribution in [1.82, 2.24) is 10.2 Å². The molecule has 4 aliphatic carbocycles. The molecule has 28 heavy (non-hydrogen) atoms. The number of nitrogens with zero attached hydrogens (tertiary/aromatic N) is 2. The minimum absolute atomic E-state index is 0.00363. The zero-order valence-corrected chi connectivity index (χ0v) is 17.4. The molecule has 1 amide bonds. The van der Waals surface area contributed by atoms with E-state index in [0.29, 0.717) is 24.5 Å². The van der Waals surface area contributed by atoms with Crippen LogP contribution in [-0.2, 0) is 4.79 Å². The molecule has 5 heteroatoms. The van der Waals surface area contributed by atoms with Gasteiger partial charge in [0, 0.05) is 23.1 Å². The molecule has 4 nitrogen and oxygen atoms in total. The zero-order chi connectivity index (χ0) is 19.7. The van der Waals surface area contributed by atoms with Crippen LogP contribution in [0.1, 0.15) is 63.5 Å². The summed E-state index contributed by atoms with van der Waals surface area (Å²) in [5, 5.41) is 13.2. The van der Waals surface area contributed by atoms with Crippen molar-refractivity contribution in [1.29, 1.82) is 5.26 Å². The third-order valence-electron chi connectivity index (χ3n) is 7.23. The van der Waals surface area contributed by atoms with Crippen molar-refractivity contribution in [2.75, 3.05) is 13.1 Å². The lowest BCUT2D eigenvalue weighted by Crippen LogP contribution is -2.62. The molecule has 1 aromatic rings. The fraction of sp³-hybridized carbons (Fsp3) is 0.652. The molecule has 4 aliphatic rings. The van der Waals surface area contributed by atoms with E-state index in [1.807, 2.05) is 24.3 Å². The summed E-state index contributed by atoms with van der Waals surface area (Å²) in [6, 6.07) is 10.1. The lowest BCUT2D eigenvalue weighted by Gasteiger charge is -2.60. The number of hydrogen-bond acceptors (Lipinski definition) is 3. The highest BCUT2D eigenvalue weighted by atomic mass is 35.5. The second-order valence-electron chi connectivity index (χ2n) is 9.25. The van der Waals surface area contributed by atoms with Crippen LogP contribution in [-0.4, -0.2) is 29.4 Å². The van der Waals surface area contributed by atoms with Crippen molar-refractivity contribution < 1.29 is 4.79 Å². The first-order valence-electron chi connectivity index (χ1n) is 10.7. The van der Waals surface area contributed by atoms with Gasteiger partial charge >= 0.3 is 0 Å². The molecule has 0 spiro atoms. The molecule has 0 radical (unpaired) electrons. The molecule has 0 unspecified atom stereocenters. The second-order valence-corrected chi connectivity index (χ2v) is 9.69. The van der Waals surface area contributed by atoms with E-state index in [0.717, 1.165) is 42.6 Å². The molecule has 4 bridgehead atoms.